The topological polar surface area (TPSA) is 58.2 Å². The van der Waals surface area contributed by atoms with Gasteiger partial charge in [-0.3, -0.25) is 0 Å². The first-order chi connectivity index (χ1) is 9.92. The van der Waals surface area contributed by atoms with Crippen LogP contribution in [0.25, 0.3) is 0 Å². The highest BCUT2D eigenvalue weighted by atomic mass is 32.2. The normalized spacial score (nSPS) is 12.0. The van der Waals surface area contributed by atoms with Crippen LogP contribution in [0.3, 0.4) is 0 Å². The zero-order valence-corrected chi connectivity index (χ0v) is 14.8. The predicted octanol–water partition coefficient (Wildman–Crippen LogP) is 3.01. The van der Waals surface area contributed by atoms with Gasteiger partial charge in [-0.15, -0.1) is 22.7 Å². The molecule has 21 heavy (non-hydrogen) atoms. The average molecular weight is 345 g/mol. The number of hydrogen-bond acceptors (Lipinski definition) is 5. The lowest BCUT2D eigenvalue weighted by Crippen LogP contribution is -2.22. The molecule has 0 bridgehead atoms. The number of hydrogen-bond donors (Lipinski definition) is 2. The summed E-state index contributed by atoms with van der Waals surface area (Å²) in [7, 11) is -3.43. The second-order valence-corrected chi connectivity index (χ2v) is 8.91. The van der Waals surface area contributed by atoms with Crippen LogP contribution < -0.4 is 10.0 Å². The fraction of sp³-hybridized carbons (Fsp3) is 0.429. The van der Waals surface area contributed by atoms with Gasteiger partial charge in [0.05, 0.1) is 4.90 Å². The fourth-order valence-corrected chi connectivity index (χ4v) is 5.16. The van der Waals surface area contributed by atoms with Gasteiger partial charge in [0.15, 0.2) is 0 Å². The molecule has 2 heterocycles. The monoisotopic (exact) mass is 344 g/mol. The summed E-state index contributed by atoms with van der Waals surface area (Å²) in [6, 6.07) is 3.77. The molecule has 0 radical (unpaired) electrons. The van der Waals surface area contributed by atoms with E-state index in [0.717, 1.165) is 16.3 Å². The molecule has 0 saturated heterocycles. The molecule has 2 aromatic heterocycles. The van der Waals surface area contributed by atoms with Gasteiger partial charge in [0.1, 0.15) is 0 Å². The highest BCUT2D eigenvalue weighted by molar-refractivity contribution is 7.89. The molecule has 0 spiro atoms. The number of rotatable bonds is 7. The van der Waals surface area contributed by atoms with Crippen LogP contribution in [0.2, 0.25) is 0 Å². The Labute approximate surface area is 134 Å². The van der Waals surface area contributed by atoms with Crippen LogP contribution in [0, 0.1) is 13.8 Å². The summed E-state index contributed by atoms with van der Waals surface area (Å²) in [5.74, 6) is 0. The van der Waals surface area contributed by atoms with Crippen molar-refractivity contribution in [3.8, 4) is 0 Å². The van der Waals surface area contributed by atoms with Gasteiger partial charge >= 0.3 is 0 Å². The average Bonchev–Trinajstić information content (AvgIpc) is 3.03. The van der Waals surface area contributed by atoms with E-state index in [2.05, 4.69) is 10.0 Å². The van der Waals surface area contributed by atoms with Crippen LogP contribution in [-0.2, 0) is 23.1 Å². The summed E-state index contributed by atoms with van der Waals surface area (Å²) in [4.78, 5) is 3.65. The van der Waals surface area contributed by atoms with Crippen molar-refractivity contribution >= 4 is 32.7 Å². The van der Waals surface area contributed by atoms with E-state index in [4.69, 9.17) is 0 Å². The standard InChI is InChI=1S/C14H20N2O2S3/c1-4-15-7-12-6-14(9-19-12)21(17,18)16-8-13-5-10(2)11(3)20-13/h5-6,9,15-16H,4,7-8H2,1-3H3. The van der Waals surface area contributed by atoms with Gasteiger partial charge in [0.25, 0.3) is 0 Å². The largest absolute Gasteiger partial charge is 0.312 e. The van der Waals surface area contributed by atoms with E-state index in [1.165, 1.54) is 21.8 Å². The van der Waals surface area contributed by atoms with Crippen LogP contribution in [0.15, 0.2) is 22.4 Å². The summed E-state index contributed by atoms with van der Waals surface area (Å²) in [6.07, 6.45) is 0. The maximum absolute atomic E-state index is 12.3. The molecule has 116 valence electrons. The van der Waals surface area contributed by atoms with Crippen molar-refractivity contribution in [1.82, 2.24) is 10.0 Å². The van der Waals surface area contributed by atoms with Crippen molar-refractivity contribution < 1.29 is 8.42 Å². The molecule has 2 rings (SSSR count). The molecule has 2 N–H and O–H groups in total. The summed E-state index contributed by atoms with van der Waals surface area (Å²) < 4.78 is 27.2. The molecule has 7 heteroatoms. The minimum absolute atomic E-state index is 0.347. The molecule has 4 nitrogen and oxygen atoms in total. The Balaban J connectivity index is 2.02. The smallest absolute Gasteiger partial charge is 0.241 e. The summed E-state index contributed by atoms with van der Waals surface area (Å²) >= 11 is 3.10. The van der Waals surface area contributed by atoms with E-state index >= 15 is 0 Å². The first-order valence-corrected chi connectivity index (χ1v) is 9.94. The second-order valence-electron chi connectivity index (χ2n) is 4.81. The Morgan fingerprint density at radius 1 is 1.14 bits per heavy atom. The van der Waals surface area contributed by atoms with Crippen LogP contribution in [0.4, 0.5) is 0 Å². The first kappa shape index (κ1) is 16.6. The van der Waals surface area contributed by atoms with Crippen molar-refractivity contribution in [2.75, 3.05) is 6.54 Å². The molecule has 0 aliphatic rings. The quantitative estimate of drug-likeness (QED) is 0.812. The lowest BCUT2D eigenvalue weighted by molar-refractivity contribution is 0.582. The Morgan fingerprint density at radius 3 is 2.52 bits per heavy atom. The number of aryl methyl sites for hydroxylation is 2. The Hall–Kier alpha value is -0.730. The number of nitrogens with one attached hydrogen (secondary N) is 2. The molecule has 0 unspecified atom stereocenters. The van der Waals surface area contributed by atoms with E-state index < -0.39 is 10.0 Å². The van der Waals surface area contributed by atoms with Crippen molar-refractivity contribution in [2.24, 2.45) is 0 Å². The molecule has 0 aliphatic carbocycles. The zero-order chi connectivity index (χ0) is 15.5. The summed E-state index contributed by atoms with van der Waals surface area (Å²) in [5.41, 5.74) is 1.21. The van der Waals surface area contributed by atoms with Crippen molar-refractivity contribution in [2.45, 2.75) is 38.8 Å². The van der Waals surface area contributed by atoms with E-state index in [-0.39, 0.29) is 0 Å². The molecule has 0 amide bonds. The van der Waals surface area contributed by atoms with E-state index in [0.29, 0.717) is 18.0 Å². The Bertz CT molecular complexity index is 682. The minimum atomic E-state index is -3.43. The van der Waals surface area contributed by atoms with Gasteiger partial charge in [-0.2, -0.15) is 0 Å². The SMILES string of the molecule is CCNCc1cc(S(=O)(=O)NCc2cc(C)c(C)s2)cs1. The van der Waals surface area contributed by atoms with Gasteiger partial charge in [0, 0.05) is 33.1 Å². The van der Waals surface area contributed by atoms with Crippen molar-refractivity contribution in [1.29, 1.82) is 0 Å². The van der Waals surface area contributed by atoms with E-state index in [1.54, 1.807) is 22.8 Å². The predicted molar refractivity (Wildman–Crippen MR) is 89.5 cm³/mol. The van der Waals surface area contributed by atoms with Crippen LogP contribution in [-0.4, -0.2) is 15.0 Å². The summed E-state index contributed by atoms with van der Waals surface area (Å²) in [5, 5.41) is 4.89. The molecule has 0 aliphatic heterocycles. The third kappa shape index (κ3) is 4.37. The third-order valence-electron chi connectivity index (χ3n) is 3.14. The maximum Gasteiger partial charge on any atom is 0.241 e. The third-order valence-corrected chi connectivity index (χ3v) is 6.76. The van der Waals surface area contributed by atoms with Gasteiger partial charge in [-0.05, 0) is 38.1 Å². The molecule has 0 fully saturated rings. The first-order valence-electron chi connectivity index (χ1n) is 6.76. The Kier molecular flexibility index (Phi) is 5.56. The second kappa shape index (κ2) is 7.02. The van der Waals surface area contributed by atoms with Crippen molar-refractivity contribution in [3.05, 3.63) is 37.7 Å². The van der Waals surface area contributed by atoms with Gasteiger partial charge in [-0.25, -0.2) is 13.1 Å². The zero-order valence-electron chi connectivity index (χ0n) is 12.4. The van der Waals surface area contributed by atoms with Crippen molar-refractivity contribution in [3.63, 3.8) is 0 Å². The maximum atomic E-state index is 12.3. The lowest BCUT2D eigenvalue weighted by atomic mass is 10.3. The van der Waals surface area contributed by atoms with E-state index in [9.17, 15) is 8.42 Å². The Morgan fingerprint density at radius 2 is 1.90 bits per heavy atom. The van der Waals surface area contributed by atoms with Gasteiger partial charge in [-0.1, -0.05) is 6.92 Å². The van der Waals surface area contributed by atoms with Crippen LogP contribution >= 0.6 is 22.7 Å². The number of thiophene rings is 2. The highest BCUT2D eigenvalue weighted by Gasteiger charge is 2.16. The van der Waals surface area contributed by atoms with Gasteiger partial charge < -0.3 is 5.32 Å². The molecule has 0 atom stereocenters. The fourth-order valence-electron chi connectivity index (χ4n) is 1.83. The lowest BCUT2D eigenvalue weighted by Gasteiger charge is -2.03. The summed E-state index contributed by atoms with van der Waals surface area (Å²) in [6.45, 7) is 8.03. The van der Waals surface area contributed by atoms with Crippen LogP contribution in [0.5, 0.6) is 0 Å². The molecule has 0 aromatic carbocycles. The molecular weight excluding hydrogens is 324 g/mol. The number of sulfonamides is 1. The molecular formula is C14H20N2O2S3. The van der Waals surface area contributed by atoms with E-state index in [1.807, 2.05) is 26.8 Å². The van der Waals surface area contributed by atoms with Crippen LogP contribution in [0.1, 0.15) is 27.1 Å². The minimum Gasteiger partial charge on any atom is -0.312 e. The highest BCUT2D eigenvalue weighted by Crippen LogP contribution is 2.22. The van der Waals surface area contributed by atoms with Gasteiger partial charge in [0.2, 0.25) is 10.0 Å². The molecule has 0 saturated carbocycles. The molecule has 2 aromatic rings.